The second-order valence-electron chi connectivity index (χ2n) is 5.64. The first-order valence-electron chi connectivity index (χ1n) is 7.34. The van der Waals surface area contributed by atoms with Crippen LogP contribution in [0.4, 0.5) is 0 Å². The number of hydrogen-bond donors (Lipinski definition) is 1. The molecule has 110 valence electrons. The first kappa shape index (κ1) is 14.9. The Bertz CT molecular complexity index is 456. The first-order chi connectivity index (χ1) is 9.52. The van der Waals surface area contributed by atoms with E-state index in [9.17, 15) is 4.79 Å². The third kappa shape index (κ3) is 3.12. The maximum atomic E-state index is 12.0. The van der Waals surface area contributed by atoms with Crippen LogP contribution in [0.2, 0.25) is 0 Å². The van der Waals surface area contributed by atoms with E-state index in [2.05, 4.69) is 6.92 Å². The highest BCUT2D eigenvalue weighted by Gasteiger charge is 2.37. The average Bonchev–Trinajstić information content (AvgIpc) is 2.65. The number of nitrogens with zero attached hydrogens (tertiary/aromatic N) is 1. The van der Waals surface area contributed by atoms with Crippen molar-refractivity contribution < 1.29 is 9.53 Å². The Morgan fingerprint density at radius 3 is 2.55 bits per heavy atom. The summed E-state index contributed by atoms with van der Waals surface area (Å²) in [5, 5.41) is 0. The fourth-order valence-corrected chi connectivity index (χ4v) is 2.76. The largest absolute Gasteiger partial charge is 0.491 e. The van der Waals surface area contributed by atoms with Gasteiger partial charge in [-0.3, -0.25) is 4.79 Å². The summed E-state index contributed by atoms with van der Waals surface area (Å²) in [6.07, 6.45) is 1.55. The van der Waals surface area contributed by atoms with E-state index in [0.717, 1.165) is 24.3 Å². The predicted octanol–water partition coefficient (Wildman–Crippen LogP) is 2.48. The number of carbonyl (C=O) groups is 1. The summed E-state index contributed by atoms with van der Waals surface area (Å²) in [5.74, 6) is 1.01. The van der Waals surface area contributed by atoms with Crippen LogP contribution in [-0.2, 0) is 4.79 Å². The minimum atomic E-state index is -0.120. The molecular formula is C16H24N2O2. The molecule has 1 fully saturated rings. The van der Waals surface area contributed by atoms with E-state index in [4.69, 9.17) is 10.5 Å². The van der Waals surface area contributed by atoms with Gasteiger partial charge in [0.1, 0.15) is 5.75 Å². The molecule has 0 aromatic heterocycles. The van der Waals surface area contributed by atoms with Crippen LogP contribution in [0.25, 0.3) is 0 Å². The van der Waals surface area contributed by atoms with Crippen molar-refractivity contribution in [3.05, 3.63) is 29.8 Å². The Labute approximate surface area is 120 Å². The lowest BCUT2D eigenvalue weighted by molar-refractivity contribution is -0.129. The minimum absolute atomic E-state index is 0.00412. The van der Waals surface area contributed by atoms with Crippen LogP contribution in [0.3, 0.4) is 0 Å². The maximum Gasteiger partial charge on any atom is 0.224 e. The van der Waals surface area contributed by atoms with Gasteiger partial charge in [0.2, 0.25) is 5.91 Å². The summed E-state index contributed by atoms with van der Waals surface area (Å²) < 4.78 is 5.64. The highest BCUT2D eigenvalue weighted by molar-refractivity contribution is 5.80. The van der Waals surface area contributed by atoms with Crippen molar-refractivity contribution >= 4 is 5.91 Å². The summed E-state index contributed by atoms with van der Waals surface area (Å²) in [6, 6.07) is 7.82. The first-order valence-corrected chi connectivity index (χ1v) is 7.34. The average molecular weight is 276 g/mol. The fourth-order valence-electron chi connectivity index (χ4n) is 2.76. The predicted molar refractivity (Wildman–Crippen MR) is 79.5 cm³/mol. The zero-order valence-electron chi connectivity index (χ0n) is 12.5. The number of amides is 1. The lowest BCUT2D eigenvalue weighted by Gasteiger charge is -2.27. The SMILES string of the molecule is CCCN1C(=O)CC(N)C1c1ccc(OC(C)C)cc1. The zero-order chi connectivity index (χ0) is 14.7. The van der Waals surface area contributed by atoms with E-state index >= 15 is 0 Å². The quantitative estimate of drug-likeness (QED) is 0.899. The molecule has 1 heterocycles. The van der Waals surface area contributed by atoms with Crippen molar-refractivity contribution in [2.24, 2.45) is 5.73 Å². The molecule has 4 heteroatoms. The lowest BCUT2D eigenvalue weighted by Crippen LogP contribution is -2.33. The Balaban J connectivity index is 2.18. The summed E-state index contributed by atoms with van der Waals surface area (Å²) >= 11 is 0. The highest BCUT2D eigenvalue weighted by atomic mass is 16.5. The summed E-state index contributed by atoms with van der Waals surface area (Å²) in [6.45, 7) is 6.85. The third-order valence-electron chi connectivity index (χ3n) is 3.53. The Morgan fingerprint density at radius 1 is 1.35 bits per heavy atom. The molecule has 2 rings (SSSR count). The normalized spacial score (nSPS) is 22.6. The molecule has 0 spiro atoms. The second-order valence-corrected chi connectivity index (χ2v) is 5.64. The van der Waals surface area contributed by atoms with Crippen molar-refractivity contribution in [2.45, 2.75) is 51.8 Å². The van der Waals surface area contributed by atoms with Crippen LogP contribution < -0.4 is 10.5 Å². The molecule has 0 aliphatic carbocycles. The van der Waals surface area contributed by atoms with E-state index in [1.807, 2.05) is 43.0 Å². The van der Waals surface area contributed by atoms with Gasteiger partial charge in [-0.25, -0.2) is 0 Å². The molecule has 0 bridgehead atoms. The van der Waals surface area contributed by atoms with Gasteiger partial charge in [-0.15, -0.1) is 0 Å². The second kappa shape index (κ2) is 6.27. The number of benzene rings is 1. The standard InChI is InChI=1S/C16H24N2O2/c1-4-9-18-15(19)10-14(17)16(18)12-5-7-13(8-6-12)20-11(2)3/h5-8,11,14,16H,4,9-10,17H2,1-3H3. The van der Waals surface area contributed by atoms with Crippen LogP contribution >= 0.6 is 0 Å². The van der Waals surface area contributed by atoms with Crippen LogP contribution in [0.5, 0.6) is 5.75 Å². The molecule has 1 saturated heterocycles. The Kier molecular flexibility index (Phi) is 4.65. The van der Waals surface area contributed by atoms with Crippen molar-refractivity contribution in [1.82, 2.24) is 4.90 Å². The molecule has 1 aromatic carbocycles. The van der Waals surface area contributed by atoms with Gasteiger partial charge in [0.15, 0.2) is 0 Å². The topological polar surface area (TPSA) is 55.6 Å². The van der Waals surface area contributed by atoms with Crippen LogP contribution in [0, 0.1) is 0 Å². The molecule has 1 aliphatic heterocycles. The third-order valence-corrected chi connectivity index (χ3v) is 3.53. The van der Waals surface area contributed by atoms with E-state index in [-0.39, 0.29) is 24.1 Å². The fraction of sp³-hybridized carbons (Fsp3) is 0.562. The molecular weight excluding hydrogens is 252 g/mol. The van der Waals surface area contributed by atoms with E-state index in [1.165, 1.54) is 0 Å². The van der Waals surface area contributed by atoms with Gasteiger partial charge in [0.05, 0.1) is 12.1 Å². The van der Waals surface area contributed by atoms with Crippen LogP contribution in [0.1, 0.15) is 45.2 Å². The van der Waals surface area contributed by atoms with Gasteiger partial charge in [-0.05, 0) is 38.0 Å². The molecule has 1 aliphatic rings. The van der Waals surface area contributed by atoms with Gasteiger partial charge in [0.25, 0.3) is 0 Å². The molecule has 2 unspecified atom stereocenters. The minimum Gasteiger partial charge on any atom is -0.491 e. The number of nitrogens with two attached hydrogens (primary N) is 1. The van der Waals surface area contributed by atoms with Gasteiger partial charge < -0.3 is 15.4 Å². The van der Waals surface area contributed by atoms with Crippen LogP contribution in [-0.4, -0.2) is 29.5 Å². The van der Waals surface area contributed by atoms with E-state index < -0.39 is 0 Å². The molecule has 1 aromatic rings. The molecule has 2 N–H and O–H groups in total. The van der Waals surface area contributed by atoms with Gasteiger partial charge in [-0.1, -0.05) is 19.1 Å². The molecule has 2 atom stereocenters. The zero-order valence-corrected chi connectivity index (χ0v) is 12.5. The Morgan fingerprint density at radius 2 is 2.00 bits per heavy atom. The maximum absolute atomic E-state index is 12.0. The molecule has 4 nitrogen and oxygen atoms in total. The summed E-state index contributed by atoms with van der Waals surface area (Å²) in [4.78, 5) is 13.9. The monoisotopic (exact) mass is 276 g/mol. The number of carbonyl (C=O) groups excluding carboxylic acids is 1. The lowest BCUT2D eigenvalue weighted by atomic mass is 10.0. The van der Waals surface area contributed by atoms with Gasteiger partial charge in [-0.2, -0.15) is 0 Å². The van der Waals surface area contributed by atoms with Crippen molar-refractivity contribution in [3.8, 4) is 5.75 Å². The van der Waals surface area contributed by atoms with Crippen LogP contribution in [0.15, 0.2) is 24.3 Å². The van der Waals surface area contributed by atoms with Gasteiger partial charge >= 0.3 is 0 Å². The van der Waals surface area contributed by atoms with E-state index in [0.29, 0.717) is 6.42 Å². The molecule has 1 amide bonds. The van der Waals surface area contributed by atoms with Gasteiger partial charge in [0, 0.05) is 19.0 Å². The van der Waals surface area contributed by atoms with Crippen molar-refractivity contribution in [1.29, 1.82) is 0 Å². The highest BCUT2D eigenvalue weighted by Crippen LogP contribution is 2.33. The Hall–Kier alpha value is -1.55. The number of hydrogen-bond acceptors (Lipinski definition) is 3. The molecule has 20 heavy (non-hydrogen) atoms. The summed E-state index contributed by atoms with van der Waals surface area (Å²) in [7, 11) is 0. The number of likely N-dealkylation sites (tertiary alicyclic amines) is 1. The van der Waals surface area contributed by atoms with Crippen molar-refractivity contribution in [2.75, 3.05) is 6.54 Å². The van der Waals surface area contributed by atoms with Crippen molar-refractivity contribution in [3.63, 3.8) is 0 Å². The number of ether oxygens (including phenoxy) is 1. The molecule has 0 radical (unpaired) electrons. The number of rotatable bonds is 5. The summed E-state index contributed by atoms with van der Waals surface area (Å²) in [5.41, 5.74) is 7.24. The smallest absolute Gasteiger partial charge is 0.224 e. The molecule has 0 saturated carbocycles. The van der Waals surface area contributed by atoms with E-state index in [1.54, 1.807) is 0 Å².